The molecule has 8 heteroatoms. The predicted octanol–water partition coefficient (Wildman–Crippen LogP) is 2.26. The highest BCUT2D eigenvalue weighted by atomic mass is 16.5. The fourth-order valence-corrected chi connectivity index (χ4v) is 2.35. The van der Waals surface area contributed by atoms with Crippen LogP contribution in [0.5, 0.6) is 11.5 Å². The van der Waals surface area contributed by atoms with E-state index in [-0.39, 0.29) is 5.91 Å². The lowest BCUT2D eigenvalue weighted by molar-refractivity contribution is -0.142. The molecular weight excluding hydrogens is 376 g/mol. The Morgan fingerprint density at radius 3 is 2.34 bits per heavy atom. The molecule has 29 heavy (non-hydrogen) atoms. The summed E-state index contributed by atoms with van der Waals surface area (Å²) in [6.07, 6.45) is 2.73. The lowest BCUT2D eigenvalue weighted by atomic mass is 10.2. The Balaban J connectivity index is 1.86. The van der Waals surface area contributed by atoms with Crippen molar-refractivity contribution in [3.05, 3.63) is 59.7 Å². The molecule has 0 aliphatic carbocycles. The van der Waals surface area contributed by atoms with Crippen molar-refractivity contribution >= 4 is 29.5 Å². The van der Waals surface area contributed by atoms with Gasteiger partial charge < -0.3 is 24.8 Å². The van der Waals surface area contributed by atoms with Crippen molar-refractivity contribution in [1.29, 1.82) is 0 Å². The van der Waals surface area contributed by atoms with Gasteiger partial charge in [-0.3, -0.25) is 9.59 Å². The average molecular weight is 398 g/mol. The monoisotopic (exact) mass is 398 g/mol. The number of benzene rings is 2. The highest BCUT2D eigenvalue weighted by Crippen LogP contribution is 2.25. The molecule has 152 valence electrons. The van der Waals surface area contributed by atoms with E-state index < -0.39 is 18.5 Å². The molecule has 0 saturated heterocycles. The van der Waals surface area contributed by atoms with Crippen LogP contribution in [-0.4, -0.2) is 45.7 Å². The average Bonchev–Trinajstić information content (AvgIpc) is 2.76. The Bertz CT molecular complexity index is 906. The summed E-state index contributed by atoms with van der Waals surface area (Å²) in [4.78, 5) is 35.2. The van der Waals surface area contributed by atoms with Gasteiger partial charge in [0.2, 0.25) is 0 Å². The van der Waals surface area contributed by atoms with Crippen LogP contribution in [-0.2, 0) is 14.3 Å². The van der Waals surface area contributed by atoms with Crippen LogP contribution in [0.15, 0.2) is 48.5 Å². The Kier molecular flexibility index (Phi) is 7.78. The molecule has 0 unspecified atom stereocenters. The number of ether oxygens (including phenoxy) is 3. The van der Waals surface area contributed by atoms with Crippen LogP contribution in [0.1, 0.15) is 15.9 Å². The Morgan fingerprint density at radius 2 is 1.72 bits per heavy atom. The molecule has 0 fully saturated rings. The van der Waals surface area contributed by atoms with E-state index in [0.29, 0.717) is 28.3 Å². The van der Waals surface area contributed by atoms with E-state index >= 15 is 0 Å². The molecule has 0 atom stereocenters. The second-order valence-corrected chi connectivity index (χ2v) is 5.75. The molecule has 0 spiro atoms. The number of rotatable bonds is 8. The standard InChI is InChI=1S/C21H22N2O6/c1-22-21(26)15-4-8-16(9-5-15)23-19(24)13-29-20(25)11-7-14-6-10-17(27-2)12-18(14)28-3/h4-12H,13H2,1-3H3,(H,22,26)(H,23,24)/b11-7+. The summed E-state index contributed by atoms with van der Waals surface area (Å²) in [6.45, 7) is -0.444. The highest BCUT2D eigenvalue weighted by Gasteiger charge is 2.08. The molecule has 8 nitrogen and oxygen atoms in total. The molecule has 2 rings (SSSR count). The zero-order valence-electron chi connectivity index (χ0n) is 16.4. The van der Waals surface area contributed by atoms with Crippen molar-refractivity contribution in [2.75, 3.05) is 33.2 Å². The van der Waals surface area contributed by atoms with Crippen LogP contribution >= 0.6 is 0 Å². The van der Waals surface area contributed by atoms with Crippen molar-refractivity contribution in [3.8, 4) is 11.5 Å². The Hall–Kier alpha value is -3.81. The first-order valence-electron chi connectivity index (χ1n) is 8.65. The maximum absolute atomic E-state index is 11.9. The predicted molar refractivity (Wildman–Crippen MR) is 108 cm³/mol. The first kappa shape index (κ1) is 21.5. The summed E-state index contributed by atoms with van der Waals surface area (Å²) in [5.41, 5.74) is 1.61. The minimum Gasteiger partial charge on any atom is -0.497 e. The number of amides is 2. The third-order valence-corrected chi connectivity index (χ3v) is 3.84. The van der Waals surface area contributed by atoms with Gasteiger partial charge in [-0.15, -0.1) is 0 Å². The van der Waals surface area contributed by atoms with E-state index in [1.807, 2.05) is 0 Å². The SMILES string of the molecule is CNC(=O)c1ccc(NC(=O)COC(=O)/C=C/c2ccc(OC)cc2OC)cc1. The zero-order valence-corrected chi connectivity index (χ0v) is 16.4. The van der Waals surface area contributed by atoms with Crippen molar-refractivity contribution in [2.24, 2.45) is 0 Å². The van der Waals surface area contributed by atoms with Crippen LogP contribution in [0.4, 0.5) is 5.69 Å². The van der Waals surface area contributed by atoms with Gasteiger partial charge in [0.15, 0.2) is 6.61 Å². The molecule has 0 aliphatic heterocycles. The molecule has 0 heterocycles. The second kappa shape index (κ2) is 10.5. The number of carbonyl (C=O) groups is 3. The summed E-state index contributed by atoms with van der Waals surface area (Å²) in [5.74, 6) is -0.237. The fourth-order valence-electron chi connectivity index (χ4n) is 2.35. The van der Waals surface area contributed by atoms with E-state index in [9.17, 15) is 14.4 Å². The first-order chi connectivity index (χ1) is 14.0. The third-order valence-electron chi connectivity index (χ3n) is 3.84. The van der Waals surface area contributed by atoms with E-state index in [2.05, 4.69) is 10.6 Å². The second-order valence-electron chi connectivity index (χ2n) is 5.75. The van der Waals surface area contributed by atoms with E-state index in [1.54, 1.807) is 49.6 Å². The van der Waals surface area contributed by atoms with E-state index in [1.165, 1.54) is 26.3 Å². The summed E-state index contributed by atoms with van der Waals surface area (Å²) < 4.78 is 15.3. The number of nitrogens with one attached hydrogen (secondary N) is 2. The van der Waals surface area contributed by atoms with Crippen molar-refractivity contribution in [1.82, 2.24) is 5.32 Å². The molecule has 0 aliphatic rings. The lowest BCUT2D eigenvalue weighted by Gasteiger charge is -2.07. The summed E-state index contributed by atoms with van der Waals surface area (Å²) in [6, 6.07) is 11.5. The molecular formula is C21H22N2O6. The van der Waals surface area contributed by atoms with Crippen LogP contribution in [0.3, 0.4) is 0 Å². The van der Waals surface area contributed by atoms with Gasteiger partial charge >= 0.3 is 5.97 Å². The lowest BCUT2D eigenvalue weighted by Crippen LogP contribution is -2.20. The summed E-state index contributed by atoms with van der Waals surface area (Å²) in [5, 5.41) is 5.09. The molecule has 2 amide bonds. The highest BCUT2D eigenvalue weighted by molar-refractivity contribution is 5.96. The van der Waals surface area contributed by atoms with Crippen LogP contribution in [0.25, 0.3) is 6.08 Å². The smallest absolute Gasteiger partial charge is 0.331 e. The molecule has 0 bridgehead atoms. The number of carbonyl (C=O) groups excluding carboxylic acids is 3. The summed E-state index contributed by atoms with van der Waals surface area (Å²) in [7, 11) is 4.59. The number of anilines is 1. The normalized spacial score (nSPS) is 10.3. The van der Waals surface area contributed by atoms with Gasteiger partial charge in [0.05, 0.1) is 14.2 Å². The maximum Gasteiger partial charge on any atom is 0.331 e. The largest absolute Gasteiger partial charge is 0.497 e. The Morgan fingerprint density at radius 1 is 1.00 bits per heavy atom. The number of hydrogen-bond donors (Lipinski definition) is 2. The van der Waals surface area contributed by atoms with Gasteiger partial charge in [-0.25, -0.2) is 4.79 Å². The van der Waals surface area contributed by atoms with Gasteiger partial charge in [-0.2, -0.15) is 0 Å². The van der Waals surface area contributed by atoms with Crippen molar-refractivity contribution < 1.29 is 28.6 Å². The fraction of sp³-hybridized carbons (Fsp3) is 0.190. The van der Waals surface area contributed by atoms with Crippen LogP contribution < -0.4 is 20.1 Å². The first-order valence-corrected chi connectivity index (χ1v) is 8.65. The molecule has 2 N–H and O–H groups in total. The van der Waals surface area contributed by atoms with Gasteiger partial charge in [-0.1, -0.05) is 0 Å². The zero-order chi connectivity index (χ0) is 21.2. The van der Waals surface area contributed by atoms with Crippen LogP contribution in [0.2, 0.25) is 0 Å². The summed E-state index contributed by atoms with van der Waals surface area (Å²) >= 11 is 0. The topological polar surface area (TPSA) is 103 Å². The van der Waals surface area contributed by atoms with E-state index in [0.717, 1.165) is 0 Å². The van der Waals surface area contributed by atoms with Gasteiger partial charge in [0.25, 0.3) is 11.8 Å². The number of esters is 1. The van der Waals surface area contributed by atoms with Crippen LogP contribution in [0, 0.1) is 0 Å². The molecule has 2 aromatic rings. The number of methoxy groups -OCH3 is 2. The van der Waals surface area contributed by atoms with Crippen molar-refractivity contribution in [2.45, 2.75) is 0 Å². The van der Waals surface area contributed by atoms with Gasteiger partial charge in [0, 0.05) is 36.0 Å². The molecule has 2 aromatic carbocycles. The van der Waals surface area contributed by atoms with Crippen molar-refractivity contribution in [3.63, 3.8) is 0 Å². The Labute approximate surface area is 168 Å². The van der Waals surface area contributed by atoms with E-state index in [4.69, 9.17) is 14.2 Å². The number of hydrogen-bond acceptors (Lipinski definition) is 6. The van der Waals surface area contributed by atoms with Gasteiger partial charge in [0.1, 0.15) is 11.5 Å². The molecule has 0 aromatic heterocycles. The third kappa shape index (κ3) is 6.39. The van der Waals surface area contributed by atoms with Gasteiger partial charge in [-0.05, 0) is 42.5 Å². The molecule has 0 saturated carbocycles. The maximum atomic E-state index is 11.9. The molecule has 0 radical (unpaired) electrons. The minimum atomic E-state index is -0.673. The quantitative estimate of drug-likeness (QED) is 0.522. The minimum absolute atomic E-state index is 0.225.